The summed E-state index contributed by atoms with van der Waals surface area (Å²) in [7, 11) is 0. The number of aromatic nitrogens is 1. The molecule has 2 fully saturated rings. The largest absolute Gasteiger partial charge is 0.361 e. The van der Waals surface area contributed by atoms with E-state index in [0.29, 0.717) is 11.6 Å². The van der Waals surface area contributed by atoms with Crippen molar-refractivity contribution in [3.05, 3.63) is 23.4 Å². The van der Waals surface area contributed by atoms with Crippen LogP contribution in [0.3, 0.4) is 0 Å². The van der Waals surface area contributed by atoms with Gasteiger partial charge in [-0.25, -0.2) is 4.98 Å². The Balaban J connectivity index is 1.72. The minimum absolute atomic E-state index is 0.0501. The minimum Gasteiger partial charge on any atom is -0.361 e. The van der Waals surface area contributed by atoms with Crippen LogP contribution in [0.1, 0.15) is 0 Å². The third-order valence-electron chi connectivity index (χ3n) is 3.38. The summed E-state index contributed by atoms with van der Waals surface area (Å²) in [6, 6.07) is 3.73. The van der Waals surface area contributed by atoms with E-state index in [1.807, 2.05) is 12.1 Å². The maximum absolute atomic E-state index is 11.2. The molecule has 1 spiro atoms. The first-order valence-corrected chi connectivity index (χ1v) is 7.33. The van der Waals surface area contributed by atoms with Gasteiger partial charge in [0.25, 0.3) is 0 Å². The fraction of sp³-hybridized carbons (Fsp3) is 0.500. The number of nitrogens with one attached hydrogen (secondary N) is 2. The number of amides is 1. The minimum atomic E-state index is -0.333. The van der Waals surface area contributed by atoms with Gasteiger partial charge in [0, 0.05) is 25.8 Å². The van der Waals surface area contributed by atoms with Gasteiger partial charge in [0.1, 0.15) is 12.2 Å². The summed E-state index contributed by atoms with van der Waals surface area (Å²) in [5.41, 5.74) is -0.333. The van der Waals surface area contributed by atoms with Gasteiger partial charge in [-0.15, -0.1) is 0 Å². The van der Waals surface area contributed by atoms with E-state index in [1.165, 1.54) is 0 Å². The average Bonchev–Trinajstić information content (AvgIpc) is 2.79. The van der Waals surface area contributed by atoms with Crippen LogP contribution in [0, 0.1) is 0 Å². The van der Waals surface area contributed by atoms with E-state index in [4.69, 9.17) is 16.3 Å². The molecule has 3 rings (SSSR count). The lowest BCUT2D eigenvalue weighted by atomic mass is 10.0. The summed E-state index contributed by atoms with van der Waals surface area (Å²) < 4.78 is 5.80. The number of rotatable bonds is 2. The molecule has 0 bridgehead atoms. The number of nitrogens with zero attached hydrogens (tertiary/aromatic N) is 1. The molecule has 0 saturated carbocycles. The standard InChI is InChI=1S/C12H14ClN3O2S/c13-8-1-2-11(15-3-8)19-9-4-14-6-12(9)7-16-10(17)5-18-12/h1-3,9,14H,4-7H2,(H,16,17)/t9-,12-/m0/s1. The van der Waals surface area contributed by atoms with Gasteiger partial charge in [0.2, 0.25) is 5.91 Å². The number of hydrogen-bond donors (Lipinski definition) is 2. The highest BCUT2D eigenvalue weighted by Crippen LogP contribution is 2.35. The van der Waals surface area contributed by atoms with Crippen molar-refractivity contribution < 1.29 is 9.53 Å². The zero-order chi connectivity index (χ0) is 13.3. The molecule has 0 aliphatic carbocycles. The number of carbonyl (C=O) groups is 1. The van der Waals surface area contributed by atoms with E-state index in [9.17, 15) is 4.79 Å². The number of thioether (sulfide) groups is 1. The number of morpholine rings is 1. The van der Waals surface area contributed by atoms with Crippen LogP contribution < -0.4 is 10.6 Å². The van der Waals surface area contributed by atoms with Crippen molar-refractivity contribution in [3.8, 4) is 0 Å². The number of halogens is 1. The van der Waals surface area contributed by atoms with Crippen LogP contribution in [0.2, 0.25) is 5.02 Å². The van der Waals surface area contributed by atoms with Gasteiger partial charge in [-0.05, 0) is 12.1 Å². The van der Waals surface area contributed by atoms with E-state index in [-0.39, 0.29) is 23.4 Å². The fourth-order valence-electron chi connectivity index (χ4n) is 2.32. The summed E-state index contributed by atoms with van der Waals surface area (Å²) >= 11 is 7.49. The number of ether oxygens (including phenoxy) is 1. The molecule has 0 radical (unpaired) electrons. The molecule has 7 heteroatoms. The monoisotopic (exact) mass is 299 g/mol. The van der Waals surface area contributed by atoms with Crippen LogP contribution >= 0.6 is 23.4 Å². The Bertz CT molecular complexity index is 472. The average molecular weight is 300 g/mol. The highest BCUT2D eigenvalue weighted by atomic mass is 35.5. The summed E-state index contributed by atoms with van der Waals surface area (Å²) in [5, 5.41) is 7.98. The number of carbonyl (C=O) groups excluding carboxylic acids is 1. The van der Waals surface area contributed by atoms with Crippen molar-refractivity contribution in [2.45, 2.75) is 15.9 Å². The molecule has 2 atom stereocenters. The maximum Gasteiger partial charge on any atom is 0.246 e. The Morgan fingerprint density at radius 1 is 1.47 bits per heavy atom. The number of hydrogen-bond acceptors (Lipinski definition) is 5. The Morgan fingerprint density at radius 3 is 3.05 bits per heavy atom. The normalized spacial score (nSPS) is 30.6. The Hall–Kier alpha value is -0.820. The van der Waals surface area contributed by atoms with Crippen molar-refractivity contribution >= 4 is 29.3 Å². The van der Waals surface area contributed by atoms with Crippen molar-refractivity contribution in [1.29, 1.82) is 0 Å². The molecule has 19 heavy (non-hydrogen) atoms. The summed E-state index contributed by atoms with van der Waals surface area (Å²) in [6.07, 6.45) is 1.64. The van der Waals surface area contributed by atoms with Gasteiger partial charge in [-0.1, -0.05) is 23.4 Å². The lowest BCUT2D eigenvalue weighted by Gasteiger charge is -2.37. The first-order chi connectivity index (χ1) is 9.18. The second kappa shape index (κ2) is 5.28. The second-order valence-electron chi connectivity index (χ2n) is 4.68. The smallest absolute Gasteiger partial charge is 0.246 e. The molecule has 5 nitrogen and oxygen atoms in total. The van der Waals surface area contributed by atoms with Crippen molar-refractivity contribution in [3.63, 3.8) is 0 Å². The van der Waals surface area contributed by atoms with Crippen LogP contribution in [0.15, 0.2) is 23.4 Å². The summed E-state index contributed by atoms with van der Waals surface area (Å²) in [6.45, 7) is 2.26. The van der Waals surface area contributed by atoms with Gasteiger partial charge in [-0.2, -0.15) is 0 Å². The molecule has 2 saturated heterocycles. The van der Waals surface area contributed by atoms with Gasteiger partial charge in [0.05, 0.1) is 15.3 Å². The van der Waals surface area contributed by atoms with E-state index in [1.54, 1.807) is 18.0 Å². The molecule has 3 heterocycles. The first kappa shape index (κ1) is 13.2. The molecular formula is C12H14ClN3O2S. The van der Waals surface area contributed by atoms with Crippen LogP contribution in [0.4, 0.5) is 0 Å². The molecule has 102 valence electrons. The van der Waals surface area contributed by atoms with Gasteiger partial charge in [0.15, 0.2) is 0 Å². The van der Waals surface area contributed by atoms with Crippen molar-refractivity contribution in [2.24, 2.45) is 0 Å². The summed E-state index contributed by atoms with van der Waals surface area (Å²) in [4.78, 5) is 15.5. The predicted molar refractivity (Wildman–Crippen MR) is 73.5 cm³/mol. The lowest BCUT2D eigenvalue weighted by Crippen LogP contribution is -2.58. The molecule has 1 aromatic rings. The van der Waals surface area contributed by atoms with Gasteiger partial charge in [-0.3, -0.25) is 4.79 Å². The molecule has 2 aliphatic heterocycles. The highest BCUT2D eigenvalue weighted by molar-refractivity contribution is 8.00. The SMILES string of the molecule is O=C1CO[C@@]2(CNC[C@@H]2Sc2ccc(Cl)cn2)CN1. The van der Waals surface area contributed by atoms with Gasteiger partial charge < -0.3 is 15.4 Å². The Labute approximate surface area is 120 Å². The molecule has 2 N–H and O–H groups in total. The van der Waals surface area contributed by atoms with Crippen LogP contribution in [0.5, 0.6) is 0 Å². The van der Waals surface area contributed by atoms with E-state index in [0.717, 1.165) is 18.1 Å². The van der Waals surface area contributed by atoms with Crippen LogP contribution in [-0.4, -0.2) is 48.0 Å². The van der Waals surface area contributed by atoms with Crippen molar-refractivity contribution in [1.82, 2.24) is 15.6 Å². The van der Waals surface area contributed by atoms with Crippen LogP contribution in [-0.2, 0) is 9.53 Å². The van der Waals surface area contributed by atoms with E-state index in [2.05, 4.69) is 15.6 Å². The van der Waals surface area contributed by atoms with Crippen molar-refractivity contribution in [2.75, 3.05) is 26.2 Å². The zero-order valence-electron chi connectivity index (χ0n) is 10.2. The first-order valence-electron chi connectivity index (χ1n) is 6.08. The molecule has 2 aliphatic rings. The maximum atomic E-state index is 11.2. The lowest BCUT2D eigenvalue weighted by molar-refractivity contribution is -0.140. The van der Waals surface area contributed by atoms with Crippen LogP contribution in [0.25, 0.3) is 0 Å². The third-order valence-corrected chi connectivity index (χ3v) is 4.97. The molecule has 1 aromatic heterocycles. The molecule has 0 aromatic carbocycles. The molecule has 0 unspecified atom stereocenters. The molecular weight excluding hydrogens is 286 g/mol. The number of pyridine rings is 1. The topological polar surface area (TPSA) is 63.2 Å². The van der Waals surface area contributed by atoms with E-state index >= 15 is 0 Å². The third kappa shape index (κ3) is 2.72. The predicted octanol–water partition coefficient (Wildman–Crippen LogP) is 0.684. The molecule has 1 amide bonds. The fourth-order valence-corrected chi connectivity index (χ4v) is 3.64. The van der Waals surface area contributed by atoms with E-state index < -0.39 is 0 Å². The Morgan fingerprint density at radius 2 is 2.37 bits per heavy atom. The van der Waals surface area contributed by atoms with Gasteiger partial charge >= 0.3 is 0 Å². The summed E-state index contributed by atoms with van der Waals surface area (Å²) in [5.74, 6) is -0.0501. The highest BCUT2D eigenvalue weighted by Gasteiger charge is 2.47. The second-order valence-corrected chi connectivity index (χ2v) is 6.34. The quantitative estimate of drug-likeness (QED) is 0.841. The Kier molecular flexibility index (Phi) is 3.66. The zero-order valence-corrected chi connectivity index (χ0v) is 11.8.